The second-order valence-electron chi connectivity index (χ2n) is 3.71. The summed E-state index contributed by atoms with van der Waals surface area (Å²) in [6, 6.07) is 15.2. The van der Waals surface area contributed by atoms with Crippen molar-refractivity contribution in [2.75, 3.05) is 0 Å². The van der Waals surface area contributed by atoms with Crippen LogP contribution in [0.2, 0.25) is 0 Å². The first-order valence-electron chi connectivity index (χ1n) is 5.12. The third-order valence-electron chi connectivity index (χ3n) is 2.23. The Balaban J connectivity index is 2.30. The number of benzene rings is 2. The van der Waals surface area contributed by atoms with Gasteiger partial charge in [0.15, 0.2) is 0 Å². The van der Waals surface area contributed by atoms with Crippen LogP contribution in [0, 0.1) is 18.3 Å². The molecule has 0 aliphatic heterocycles. The van der Waals surface area contributed by atoms with Crippen molar-refractivity contribution in [1.82, 2.24) is 0 Å². The van der Waals surface area contributed by atoms with Crippen LogP contribution in [-0.2, 0) is 0 Å². The maximum absolute atomic E-state index is 8.87. The van der Waals surface area contributed by atoms with Gasteiger partial charge in [0.25, 0.3) is 0 Å². The van der Waals surface area contributed by atoms with Gasteiger partial charge in [0, 0.05) is 4.47 Å². The monoisotopic (exact) mass is 287 g/mol. The number of nitriles is 1. The van der Waals surface area contributed by atoms with Crippen LogP contribution in [-0.4, -0.2) is 0 Å². The number of nitrogens with zero attached hydrogens (tertiary/aromatic N) is 1. The zero-order chi connectivity index (χ0) is 12.3. The largest absolute Gasteiger partial charge is 0.457 e. The summed E-state index contributed by atoms with van der Waals surface area (Å²) < 4.78 is 6.53. The van der Waals surface area contributed by atoms with E-state index in [4.69, 9.17) is 10.00 Å². The van der Waals surface area contributed by atoms with Crippen molar-refractivity contribution in [3.63, 3.8) is 0 Å². The summed E-state index contributed by atoms with van der Waals surface area (Å²) in [6.07, 6.45) is 0. The normalized spacial score (nSPS) is 9.71. The van der Waals surface area contributed by atoms with Crippen molar-refractivity contribution < 1.29 is 4.74 Å². The first-order valence-corrected chi connectivity index (χ1v) is 5.92. The van der Waals surface area contributed by atoms with E-state index in [1.165, 1.54) is 0 Å². The first kappa shape index (κ1) is 11.7. The zero-order valence-corrected chi connectivity index (χ0v) is 10.9. The first-order chi connectivity index (χ1) is 8.17. The van der Waals surface area contributed by atoms with Gasteiger partial charge in [-0.3, -0.25) is 0 Å². The van der Waals surface area contributed by atoms with E-state index in [2.05, 4.69) is 22.0 Å². The predicted octanol–water partition coefficient (Wildman–Crippen LogP) is 4.42. The highest BCUT2D eigenvalue weighted by atomic mass is 79.9. The Morgan fingerprint density at radius 2 is 1.94 bits per heavy atom. The van der Waals surface area contributed by atoms with Crippen molar-refractivity contribution in [2.45, 2.75) is 6.92 Å². The van der Waals surface area contributed by atoms with Gasteiger partial charge in [-0.2, -0.15) is 5.26 Å². The van der Waals surface area contributed by atoms with Crippen LogP contribution in [0.25, 0.3) is 0 Å². The average Bonchev–Trinajstić information content (AvgIpc) is 2.28. The van der Waals surface area contributed by atoms with Crippen LogP contribution in [0.5, 0.6) is 11.5 Å². The van der Waals surface area contributed by atoms with Crippen LogP contribution in [0.15, 0.2) is 46.9 Å². The fourth-order valence-electron chi connectivity index (χ4n) is 1.50. The van der Waals surface area contributed by atoms with Crippen LogP contribution >= 0.6 is 15.9 Å². The van der Waals surface area contributed by atoms with Crippen LogP contribution in [0.3, 0.4) is 0 Å². The molecule has 0 aliphatic rings. The lowest BCUT2D eigenvalue weighted by Gasteiger charge is -2.07. The highest BCUT2D eigenvalue weighted by molar-refractivity contribution is 9.10. The van der Waals surface area contributed by atoms with E-state index < -0.39 is 0 Å². The molecule has 2 rings (SSSR count). The number of hydrogen-bond acceptors (Lipinski definition) is 2. The summed E-state index contributed by atoms with van der Waals surface area (Å²) in [5.74, 6) is 1.42. The summed E-state index contributed by atoms with van der Waals surface area (Å²) >= 11 is 3.35. The number of hydrogen-bond donors (Lipinski definition) is 0. The maximum atomic E-state index is 8.87. The number of aryl methyl sites for hydroxylation is 1. The summed E-state index contributed by atoms with van der Waals surface area (Å²) in [6.45, 7) is 2.01. The van der Waals surface area contributed by atoms with E-state index in [1.54, 1.807) is 12.1 Å². The second-order valence-corrected chi connectivity index (χ2v) is 4.62. The molecule has 0 aliphatic carbocycles. The highest BCUT2D eigenvalue weighted by Gasteiger charge is 2.01. The van der Waals surface area contributed by atoms with Crippen molar-refractivity contribution in [3.8, 4) is 17.6 Å². The van der Waals surface area contributed by atoms with Crippen LogP contribution < -0.4 is 4.74 Å². The van der Waals surface area contributed by atoms with Crippen molar-refractivity contribution in [2.24, 2.45) is 0 Å². The summed E-state index contributed by atoms with van der Waals surface area (Å²) in [5.41, 5.74) is 1.71. The lowest BCUT2D eigenvalue weighted by Crippen LogP contribution is -1.86. The van der Waals surface area contributed by atoms with Crippen molar-refractivity contribution >= 4 is 15.9 Å². The minimum absolute atomic E-state index is 0.571. The molecule has 0 unspecified atom stereocenters. The van der Waals surface area contributed by atoms with Gasteiger partial charge in [-0.25, -0.2) is 0 Å². The Hall–Kier alpha value is -1.79. The third-order valence-corrected chi connectivity index (χ3v) is 2.68. The summed E-state index contributed by atoms with van der Waals surface area (Å²) in [4.78, 5) is 0. The number of halogens is 1. The Bertz CT molecular complexity index is 587. The molecule has 0 radical (unpaired) electrons. The third kappa shape index (κ3) is 3.08. The Morgan fingerprint density at radius 1 is 1.12 bits per heavy atom. The lowest BCUT2D eigenvalue weighted by atomic mass is 10.2. The molecular formula is C14H10BrNO. The van der Waals surface area contributed by atoms with E-state index in [-0.39, 0.29) is 0 Å². The number of ether oxygens (including phenoxy) is 1. The fourth-order valence-corrected chi connectivity index (χ4v) is 1.97. The quantitative estimate of drug-likeness (QED) is 0.819. The highest BCUT2D eigenvalue weighted by Crippen LogP contribution is 2.26. The lowest BCUT2D eigenvalue weighted by molar-refractivity contribution is 0.482. The van der Waals surface area contributed by atoms with Gasteiger partial charge in [0.1, 0.15) is 11.5 Å². The van der Waals surface area contributed by atoms with Gasteiger partial charge in [0.05, 0.1) is 11.6 Å². The molecule has 0 heterocycles. The molecule has 0 aromatic heterocycles. The second kappa shape index (κ2) is 5.03. The molecule has 2 aromatic carbocycles. The van der Waals surface area contributed by atoms with Gasteiger partial charge >= 0.3 is 0 Å². The van der Waals surface area contributed by atoms with Crippen molar-refractivity contribution in [3.05, 3.63) is 58.1 Å². The molecule has 0 saturated heterocycles. The minimum Gasteiger partial charge on any atom is -0.457 e. The molecule has 2 nitrogen and oxygen atoms in total. The molecule has 0 spiro atoms. The Kier molecular flexibility index (Phi) is 3.46. The molecule has 0 atom stereocenters. The summed E-state index contributed by atoms with van der Waals surface area (Å²) in [5, 5.41) is 8.87. The molecule has 0 bridgehead atoms. The molecule has 0 amide bonds. The van der Waals surface area contributed by atoms with Crippen LogP contribution in [0.1, 0.15) is 11.1 Å². The Labute approximate surface area is 109 Å². The molecule has 3 heteroatoms. The predicted molar refractivity (Wildman–Crippen MR) is 70.1 cm³/mol. The van der Waals surface area contributed by atoms with Gasteiger partial charge < -0.3 is 4.74 Å². The SMILES string of the molecule is Cc1cccc(Oc2cc(Br)cc(C#N)c2)c1. The van der Waals surface area contributed by atoms with Crippen molar-refractivity contribution in [1.29, 1.82) is 5.26 Å². The van der Waals surface area contributed by atoms with Gasteiger partial charge in [-0.1, -0.05) is 28.1 Å². The van der Waals surface area contributed by atoms with E-state index in [0.717, 1.165) is 15.8 Å². The van der Waals surface area contributed by atoms with E-state index in [1.807, 2.05) is 37.3 Å². The van der Waals surface area contributed by atoms with Gasteiger partial charge in [0.2, 0.25) is 0 Å². The van der Waals surface area contributed by atoms with E-state index in [9.17, 15) is 0 Å². The maximum Gasteiger partial charge on any atom is 0.129 e. The Morgan fingerprint density at radius 3 is 2.65 bits per heavy atom. The topological polar surface area (TPSA) is 33.0 Å². The standard InChI is InChI=1S/C14H10BrNO/c1-10-3-2-4-13(5-10)17-14-7-11(9-16)6-12(15)8-14/h2-8H,1H3. The minimum atomic E-state index is 0.571. The fraction of sp³-hybridized carbons (Fsp3) is 0.0714. The smallest absolute Gasteiger partial charge is 0.129 e. The zero-order valence-electron chi connectivity index (χ0n) is 9.27. The molecule has 84 valence electrons. The molecule has 0 N–H and O–H groups in total. The molecule has 17 heavy (non-hydrogen) atoms. The van der Waals surface area contributed by atoms with Crippen LogP contribution in [0.4, 0.5) is 0 Å². The van der Waals surface area contributed by atoms with E-state index in [0.29, 0.717) is 11.3 Å². The average molecular weight is 288 g/mol. The molecular weight excluding hydrogens is 278 g/mol. The van der Waals surface area contributed by atoms with E-state index >= 15 is 0 Å². The number of rotatable bonds is 2. The van der Waals surface area contributed by atoms with Gasteiger partial charge in [-0.15, -0.1) is 0 Å². The molecule has 0 fully saturated rings. The molecule has 2 aromatic rings. The molecule has 0 saturated carbocycles. The summed E-state index contributed by atoms with van der Waals surface area (Å²) in [7, 11) is 0. The van der Waals surface area contributed by atoms with Gasteiger partial charge in [-0.05, 0) is 42.8 Å².